The first kappa shape index (κ1) is 15.5. The molecule has 2 nitrogen and oxygen atoms in total. The minimum absolute atomic E-state index is 0.243. The van der Waals surface area contributed by atoms with Gasteiger partial charge in [-0.3, -0.25) is 4.21 Å². The van der Waals surface area contributed by atoms with Gasteiger partial charge in [-0.15, -0.1) is 0 Å². The van der Waals surface area contributed by atoms with Gasteiger partial charge in [-0.1, -0.05) is 20.8 Å². The fourth-order valence-corrected chi connectivity index (χ4v) is 2.12. The van der Waals surface area contributed by atoms with Crippen molar-refractivity contribution in [3.8, 4) is 0 Å². The van der Waals surface area contributed by atoms with E-state index in [1.165, 1.54) is 0 Å². The summed E-state index contributed by atoms with van der Waals surface area (Å²) < 4.78 is 11.5. The van der Waals surface area contributed by atoms with Crippen molar-refractivity contribution < 1.29 is 4.21 Å². The highest BCUT2D eigenvalue weighted by Gasteiger charge is 2.13. The van der Waals surface area contributed by atoms with Crippen LogP contribution in [0.15, 0.2) is 0 Å². The molecule has 0 fully saturated rings. The lowest BCUT2D eigenvalue weighted by Gasteiger charge is -2.22. The molecular formula is C11H25NOS2. The molecule has 3 atom stereocenters. The van der Waals surface area contributed by atoms with Crippen LogP contribution in [0.4, 0.5) is 0 Å². The zero-order chi connectivity index (χ0) is 12.1. The van der Waals surface area contributed by atoms with Crippen LogP contribution in [0.3, 0.4) is 0 Å². The van der Waals surface area contributed by atoms with Gasteiger partial charge in [0.1, 0.15) is 0 Å². The van der Waals surface area contributed by atoms with Gasteiger partial charge in [0.25, 0.3) is 0 Å². The van der Waals surface area contributed by atoms with Crippen LogP contribution in [0, 0.1) is 0 Å². The van der Waals surface area contributed by atoms with Crippen LogP contribution in [0.1, 0.15) is 34.6 Å². The number of hydrogen-bond acceptors (Lipinski definition) is 3. The molecule has 4 heteroatoms. The quantitative estimate of drug-likeness (QED) is 0.785. The van der Waals surface area contributed by atoms with Gasteiger partial charge in [0.15, 0.2) is 0 Å². The lowest BCUT2D eigenvalue weighted by Crippen LogP contribution is -2.36. The summed E-state index contributed by atoms with van der Waals surface area (Å²) in [6.45, 7) is 11.7. The number of hydrogen-bond donors (Lipinski definition) is 1. The van der Waals surface area contributed by atoms with Crippen molar-refractivity contribution in [2.75, 3.05) is 18.6 Å². The van der Waals surface area contributed by atoms with E-state index in [1.807, 2.05) is 18.7 Å². The van der Waals surface area contributed by atoms with Crippen LogP contribution >= 0.6 is 11.8 Å². The first-order valence-electron chi connectivity index (χ1n) is 5.42. The van der Waals surface area contributed by atoms with Crippen LogP contribution in [-0.4, -0.2) is 38.8 Å². The highest BCUT2D eigenvalue weighted by Crippen LogP contribution is 2.23. The van der Waals surface area contributed by atoms with Crippen molar-refractivity contribution in [2.24, 2.45) is 0 Å². The molecule has 0 aromatic rings. The molecule has 0 rings (SSSR count). The van der Waals surface area contributed by atoms with E-state index in [1.54, 1.807) is 6.26 Å². The van der Waals surface area contributed by atoms with Gasteiger partial charge in [-0.05, 0) is 13.8 Å². The highest BCUT2D eigenvalue weighted by molar-refractivity contribution is 8.00. The molecular weight excluding hydrogens is 226 g/mol. The lowest BCUT2D eigenvalue weighted by atomic mass is 10.3. The molecule has 0 saturated heterocycles. The van der Waals surface area contributed by atoms with Crippen molar-refractivity contribution in [1.82, 2.24) is 5.32 Å². The van der Waals surface area contributed by atoms with E-state index in [0.717, 1.165) is 12.3 Å². The van der Waals surface area contributed by atoms with Crippen LogP contribution in [0.25, 0.3) is 0 Å². The molecule has 0 aliphatic carbocycles. The zero-order valence-electron chi connectivity index (χ0n) is 10.8. The summed E-state index contributed by atoms with van der Waals surface area (Å²) in [6, 6.07) is 0.486. The SMILES string of the molecule is CC(CSC(C)(C)C)NCC(C)S(C)=O. The standard InChI is InChI=1S/C11H25NOS2/c1-9(8-14-11(3,4)5)12-7-10(2)15(6)13/h9-10,12H,7-8H2,1-6H3. The summed E-state index contributed by atoms with van der Waals surface area (Å²) in [6.07, 6.45) is 1.76. The van der Waals surface area contributed by atoms with Gasteiger partial charge in [-0.2, -0.15) is 11.8 Å². The Morgan fingerprint density at radius 3 is 2.27 bits per heavy atom. The number of nitrogens with one attached hydrogen (secondary N) is 1. The monoisotopic (exact) mass is 251 g/mol. The molecule has 1 N–H and O–H groups in total. The predicted octanol–water partition coefficient (Wildman–Crippen LogP) is 2.26. The fraction of sp³-hybridized carbons (Fsp3) is 1.00. The Bertz CT molecular complexity index is 201. The van der Waals surface area contributed by atoms with Gasteiger partial charge < -0.3 is 5.32 Å². The van der Waals surface area contributed by atoms with E-state index in [-0.39, 0.29) is 5.25 Å². The van der Waals surface area contributed by atoms with Crippen molar-refractivity contribution in [2.45, 2.75) is 50.7 Å². The summed E-state index contributed by atoms with van der Waals surface area (Å²) >= 11 is 1.96. The normalized spacial score (nSPS) is 18.5. The second-order valence-corrected chi connectivity index (χ2v) is 8.69. The first-order valence-corrected chi connectivity index (χ1v) is 8.02. The lowest BCUT2D eigenvalue weighted by molar-refractivity contribution is 0.585. The summed E-state index contributed by atoms with van der Waals surface area (Å²) in [5.74, 6) is 1.10. The summed E-state index contributed by atoms with van der Waals surface area (Å²) in [7, 11) is -0.717. The van der Waals surface area contributed by atoms with E-state index in [9.17, 15) is 4.21 Å². The van der Waals surface area contributed by atoms with Crippen LogP contribution in [0.2, 0.25) is 0 Å². The Labute approximate surface area is 101 Å². The van der Waals surface area contributed by atoms with Crippen molar-refractivity contribution in [3.63, 3.8) is 0 Å². The molecule has 0 bridgehead atoms. The summed E-state index contributed by atoms with van der Waals surface area (Å²) in [5.41, 5.74) is 0. The Balaban J connectivity index is 3.66. The molecule has 92 valence electrons. The van der Waals surface area contributed by atoms with Gasteiger partial charge in [0, 0.05) is 45.4 Å². The maximum atomic E-state index is 11.1. The van der Waals surface area contributed by atoms with E-state index in [0.29, 0.717) is 10.8 Å². The Morgan fingerprint density at radius 1 is 1.33 bits per heavy atom. The Morgan fingerprint density at radius 2 is 1.87 bits per heavy atom. The average Bonchev–Trinajstić information content (AvgIpc) is 2.09. The smallest absolute Gasteiger partial charge is 0.0441 e. The van der Waals surface area contributed by atoms with Crippen molar-refractivity contribution in [1.29, 1.82) is 0 Å². The van der Waals surface area contributed by atoms with Crippen LogP contribution in [0.5, 0.6) is 0 Å². The van der Waals surface area contributed by atoms with Crippen molar-refractivity contribution in [3.05, 3.63) is 0 Å². The average molecular weight is 251 g/mol. The third-order valence-electron chi connectivity index (χ3n) is 2.09. The van der Waals surface area contributed by atoms with E-state index >= 15 is 0 Å². The molecule has 0 aliphatic rings. The molecule has 0 heterocycles. The Hall–Kier alpha value is 0.460. The fourth-order valence-electron chi connectivity index (χ4n) is 0.918. The minimum atomic E-state index is -0.717. The van der Waals surface area contributed by atoms with Gasteiger partial charge >= 0.3 is 0 Å². The maximum Gasteiger partial charge on any atom is 0.0441 e. The molecule has 0 radical (unpaired) electrons. The molecule has 0 saturated carbocycles. The highest BCUT2D eigenvalue weighted by atomic mass is 32.2. The van der Waals surface area contributed by atoms with Gasteiger partial charge in [0.2, 0.25) is 0 Å². The third kappa shape index (κ3) is 9.39. The molecule has 0 amide bonds. The summed E-state index contributed by atoms with van der Waals surface area (Å²) in [5, 5.41) is 3.67. The molecule has 0 aromatic heterocycles. The van der Waals surface area contributed by atoms with E-state index in [4.69, 9.17) is 0 Å². The van der Waals surface area contributed by atoms with Crippen LogP contribution < -0.4 is 5.32 Å². The molecule has 0 spiro atoms. The second-order valence-electron chi connectivity index (χ2n) is 5.04. The topological polar surface area (TPSA) is 29.1 Å². The zero-order valence-corrected chi connectivity index (χ0v) is 12.4. The maximum absolute atomic E-state index is 11.1. The molecule has 0 aromatic carbocycles. The number of rotatable bonds is 6. The molecule has 0 aliphatic heterocycles. The number of thioether (sulfide) groups is 1. The predicted molar refractivity (Wildman–Crippen MR) is 73.2 cm³/mol. The largest absolute Gasteiger partial charge is 0.312 e. The minimum Gasteiger partial charge on any atom is -0.312 e. The van der Waals surface area contributed by atoms with Gasteiger partial charge in [0.05, 0.1) is 0 Å². The van der Waals surface area contributed by atoms with Crippen molar-refractivity contribution >= 4 is 22.6 Å². The summed E-state index contributed by atoms with van der Waals surface area (Å²) in [4.78, 5) is 0. The molecule has 3 unspecified atom stereocenters. The first-order chi connectivity index (χ1) is 6.72. The second kappa shape index (κ2) is 6.92. The third-order valence-corrected chi connectivity index (χ3v) is 4.92. The van der Waals surface area contributed by atoms with Crippen LogP contribution in [-0.2, 0) is 10.8 Å². The van der Waals surface area contributed by atoms with E-state index in [2.05, 4.69) is 33.0 Å². The van der Waals surface area contributed by atoms with E-state index < -0.39 is 10.8 Å². The Kier molecular flexibility index (Phi) is 7.13. The van der Waals surface area contributed by atoms with Gasteiger partial charge in [-0.25, -0.2) is 0 Å². The molecule has 15 heavy (non-hydrogen) atoms.